The van der Waals surface area contributed by atoms with Crippen molar-refractivity contribution >= 4 is 68.4 Å². The largest absolute Gasteiger partial charge is 0.396 e. The summed E-state index contributed by atoms with van der Waals surface area (Å²) in [6.45, 7) is 3.12. The zero-order valence-electron chi connectivity index (χ0n) is 18.0. The first-order chi connectivity index (χ1) is 16.0. The third kappa shape index (κ3) is 6.60. The summed E-state index contributed by atoms with van der Waals surface area (Å²) in [5.41, 5.74) is 6.58. The van der Waals surface area contributed by atoms with E-state index >= 15 is 0 Å². The maximum atomic E-state index is 13.5. The van der Waals surface area contributed by atoms with Crippen molar-refractivity contribution in [2.24, 2.45) is 0 Å². The van der Waals surface area contributed by atoms with Crippen molar-refractivity contribution in [2.75, 3.05) is 36.8 Å². The number of anilines is 2. The fourth-order valence-corrected chi connectivity index (χ4v) is 5.61. The summed E-state index contributed by atoms with van der Waals surface area (Å²) in [6.07, 6.45) is 0.924. The van der Waals surface area contributed by atoms with E-state index in [9.17, 15) is 21.8 Å². The molecule has 1 atom stereocenters. The van der Waals surface area contributed by atoms with Crippen LogP contribution in [0, 0.1) is 29.7 Å². The molecule has 4 nitrogen and oxygen atoms in total. The number of hydrogen-bond acceptors (Lipinski definition) is 4. The fraction of sp³-hybridized carbons (Fsp3) is 0.364. The van der Waals surface area contributed by atoms with Crippen LogP contribution in [0.1, 0.15) is 24.0 Å². The van der Waals surface area contributed by atoms with Crippen molar-refractivity contribution in [1.82, 2.24) is 4.31 Å². The Kier molecular flexibility index (Phi) is 9.58. The predicted molar refractivity (Wildman–Crippen MR) is 143 cm³/mol. The van der Waals surface area contributed by atoms with Gasteiger partial charge in [-0.05, 0) is 67.7 Å². The number of benzene rings is 2. The zero-order valence-corrected chi connectivity index (χ0v) is 23.4. The molecular formula is C22H21BrF4IN3OS2. The van der Waals surface area contributed by atoms with Crippen LogP contribution in [-0.4, -0.2) is 40.6 Å². The number of hydrogen-bond donors (Lipinski definition) is 1. The molecule has 12 heteroatoms. The Morgan fingerprint density at radius 2 is 1.94 bits per heavy atom. The Hall–Kier alpha value is -1.01. The van der Waals surface area contributed by atoms with Gasteiger partial charge < -0.3 is 10.6 Å². The van der Waals surface area contributed by atoms with Gasteiger partial charge in [0.25, 0.3) is 5.92 Å². The number of alkyl halides is 2. The minimum Gasteiger partial charge on any atom is -0.396 e. The average Bonchev–Trinajstić information content (AvgIpc) is 3.13. The minimum atomic E-state index is -2.65. The standard InChI is InChI=1S/C15H15F2IN2OS2.C7H6BrF2N/c16-15(17)5-8-19(11-15)14-3-2-13(10-12(14)4-9-22-18)23(21)20-6-1-7-20;1-3-6(10)4(8)2-5(9)7(3)11/h2-3,10H,1,5-8,11H2;2H,11H2,1H3. The highest BCUT2D eigenvalue weighted by molar-refractivity contribution is 14.2. The van der Waals surface area contributed by atoms with E-state index in [-0.39, 0.29) is 28.7 Å². The Bertz CT molecular complexity index is 1130. The van der Waals surface area contributed by atoms with Gasteiger partial charge in [0.1, 0.15) is 22.6 Å². The maximum Gasteiger partial charge on any atom is 0.266 e. The topological polar surface area (TPSA) is 49.6 Å². The molecule has 2 heterocycles. The highest BCUT2D eigenvalue weighted by Crippen LogP contribution is 2.34. The van der Waals surface area contributed by atoms with E-state index in [1.165, 1.54) is 15.9 Å². The van der Waals surface area contributed by atoms with E-state index in [4.69, 9.17) is 5.73 Å². The number of nitrogen functional groups attached to an aromatic ring is 1. The second-order valence-corrected chi connectivity index (χ2v) is 11.8. The molecule has 0 aliphatic carbocycles. The molecule has 0 bridgehead atoms. The highest BCUT2D eigenvalue weighted by Gasteiger charge is 2.39. The molecule has 2 aromatic carbocycles. The van der Waals surface area contributed by atoms with Crippen molar-refractivity contribution < 1.29 is 21.8 Å². The van der Waals surface area contributed by atoms with Crippen molar-refractivity contribution in [3.8, 4) is 11.2 Å². The van der Waals surface area contributed by atoms with Gasteiger partial charge in [-0.3, -0.25) is 0 Å². The summed E-state index contributed by atoms with van der Waals surface area (Å²) >= 11 is 4.93. The Morgan fingerprint density at radius 3 is 2.50 bits per heavy atom. The lowest BCUT2D eigenvalue weighted by Crippen LogP contribution is -2.38. The smallest absolute Gasteiger partial charge is 0.266 e. The molecule has 2 saturated heterocycles. The minimum absolute atomic E-state index is 0.0988. The van der Waals surface area contributed by atoms with Gasteiger partial charge in [-0.2, -0.15) is 0 Å². The molecule has 0 spiro atoms. The molecule has 184 valence electrons. The van der Waals surface area contributed by atoms with Crippen LogP contribution in [0.5, 0.6) is 0 Å². The van der Waals surface area contributed by atoms with Gasteiger partial charge in [0.2, 0.25) is 0 Å². The van der Waals surface area contributed by atoms with Crippen molar-refractivity contribution in [3.63, 3.8) is 0 Å². The van der Waals surface area contributed by atoms with E-state index in [1.54, 1.807) is 23.1 Å². The normalized spacial score (nSPS) is 17.8. The van der Waals surface area contributed by atoms with Crippen LogP contribution < -0.4 is 10.6 Å². The van der Waals surface area contributed by atoms with Gasteiger partial charge in [-0.25, -0.2) is 26.1 Å². The van der Waals surface area contributed by atoms with Crippen LogP contribution in [0.25, 0.3) is 0 Å². The van der Waals surface area contributed by atoms with Crippen molar-refractivity contribution in [2.45, 2.75) is 30.6 Å². The molecule has 1 unspecified atom stereocenters. The summed E-state index contributed by atoms with van der Waals surface area (Å²) < 4.78 is 67.0. The molecule has 0 saturated carbocycles. The molecule has 0 radical (unpaired) electrons. The molecule has 0 amide bonds. The Morgan fingerprint density at radius 1 is 1.24 bits per heavy atom. The third-order valence-corrected chi connectivity index (χ3v) is 8.32. The van der Waals surface area contributed by atoms with Gasteiger partial charge in [-0.15, -0.1) is 0 Å². The van der Waals surface area contributed by atoms with Crippen LogP contribution in [0.2, 0.25) is 0 Å². The first-order valence-electron chi connectivity index (χ1n) is 10.2. The van der Waals surface area contributed by atoms with Gasteiger partial charge in [0, 0.05) is 52.8 Å². The van der Waals surface area contributed by atoms with Crippen LogP contribution in [0.4, 0.5) is 28.9 Å². The first-order valence-corrected chi connectivity index (χ1v) is 15.4. The molecule has 2 aromatic rings. The summed E-state index contributed by atoms with van der Waals surface area (Å²) in [5, 5.41) is 2.90. The lowest BCUT2D eigenvalue weighted by atomic mass is 10.1. The lowest BCUT2D eigenvalue weighted by Gasteiger charge is -2.29. The molecule has 2 fully saturated rings. The molecule has 2 aliphatic heterocycles. The summed E-state index contributed by atoms with van der Waals surface area (Å²) in [5.74, 6) is -0.759. The molecule has 2 aliphatic rings. The van der Waals surface area contributed by atoms with Crippen LogP contribution in [0.15, 0.2) is 33.6 Å². The number of nitrogens with two attached hydrogens (primary N) is 1. The van der Waals surface area contributed by atoms with Gasteiger partial charge >= 0.3 is 0 Å². The fourth-order valence-electron chi connectivity index (χ4n) is 3.35. The SMILES string of the molecule is Cc1c(N)c(F)cc(Br)c1F.O=S(c1ccc(N2CCC(F)(F)C2)c(C#CSI)c1)N1CCC1. The molecule has 2 N–H and O–H groups in total. The summed E-state index contributed by atoms with van der Waals surface area (Å²) in [4.78, 5) is 2.35. The lowest BCUT2D eigenvalue weighted by molar-refractivity contribution is 0.0257. The maximum absolute atomic E-state index is 13.5. The third-order valence-electron chi connectivity index (χ3n) is 5.41. The second kappa shape index (κ2) is 11.8. The van der Waals surface area contributed by atoms with E-state index in [2.05, 4.69) is 48.3 Å². The first kappa shape index (κ1) is 27.6. The molecular weight excluding hydrogens is 669 g/mol. The van der Waals surface area contributed by atoms with E-state index < -0.39 is 28.5 Å². The number of nitrogens with zero attached hydrogens (tertiary/aromatic N) is 2. The van der Waals surface area contributed by atoms with E-state index in [0.717, 1.165) is 25.6 Å². The average molecular weight is 690 g/mol. The van der Waals surface area contributed by atoms with Crippen molar-refractivity contribution in [3.05, 3.63) is 51.5 Å². The Balaban J connectivity index is 0.000000248. The van der Waals surface area contributed by atoms with Crippen LogP contribution >= 0.6 is 46.1 Å². The Labute approximate surface area is 223 Å². The van der Waals surface area contributed by atoms with Crippen LogP contribution in [0.3, 0.4) is 0 Å². The zero-order chi connectivity index (χ0) is 25.0. The van der Waals surface area contributed by atoms with E-state index in [1.807, 2.05) is 4.31 Å². The van der Waals surface area contributed by atoms with Crippen molar-refractivity contribution in [1.29, 1.82) is 0 Å². The summed E-state index contributed by atoms with van der Waals surface area (Å²) in [6, 6.07) is 6.33. The van der Waals surface area contributed by atoms with E-state index in [0.29, 0.717) is 22.7 Å². The number of rotatable bonds is 3. The predicted octanol–water partition coefficient (Wildman–Crippen LogP) is 6.27. The van der Waals surface area contributed by atoms with Gasteiger partial charge in [-0.1, -0.05) is 5.92 Å². The highest BCUT2D eigenvalue weighted by atomic mass is 127. The van der Waals surface area contributed by atoms with Gasteiger partial charge in [0.05, 0.1) is 32.9 Å². The molecule has 34 heavy (non-hydrogen) atoms. The monoisotopic (exact) mass is 689 g/mol. The van der Waals surface area contributed by atoms with Crippen LogP contribution in [-0.2, 0) is 11.0 Å². The van der Waals surface area contributed by atoms with Gasteiger partial charge in [0.15, 0.2) is 0 Å². The second-order valence-electron chi connectivity index (χ2n) is 7.74. The molecule has 4 rings (SSSR count). The number of halogens is 6. The molecule has 0 aromatic heterocycles. The quantitative estimate of drug-likeness (QED) is 0.136. The summed E-state index contributed by atoms with van der Waals surface area (Å²) in [7, 11) is 0.148.